The van der Waals surface area contributed by atoms with Gasteiger partial charge >= 0.3 is 5.97 Å². The van der Waals surface area contributed by atoms with Gasteiger partial charge < -0.3 is 14.2 Å². The summed E-state index contributed by atoms with van der Waals surface area (Å²) in [5, 5.41) is 0. The molecule has 2 heterocycles. The number of fused-ring (bicyclic) bond motifs is 1. The minimum Gasteiger partial charge on any atom is -0.496 e. The molecule has 3 aromatic carbocycles. The second-order valence-corrected chi connectivity index (χ2v) is 11.6. The Bertz CT molecular complexity index is 1810. The van der Waals surface area contributed by atoms with E-state index in [0.717, 1.165) is 22.0 Å². The molecule has 0 aliphatic carbocycles. The number of carbonyl (C=O) groups excluding carboxylic acids is 1. The van der Waals surface area contributed by atoms with Crippen LogP contribution in [0.3, 0.4) is 0 Å². The molecule has 1 aliphatic heterocycles. The van der Waals surface area contributed by atoms with Crippen molar-refractivity contribution in [2.45, 2.75) is 39.3 Å². The highest BCUT2D eigenvalue weighted by Gasteiger charge is 2.36. The predicted molar refractivity (Wildman–Crippen MR) is 168 cm³/mol. The number of hydrogen-bond acceptors (Lipinski definition) is 7. The molecule has 0 spiro atoms. The molecule has 0 amide bonds. The van der Waals surface area contributed by atoms with Crippen molar-refractivity contribution in [3.05, 3.63) is 125 Å². The quantitative estimate of drug-likeness (QED) is 0.200. The lowest BCUT2D eigenvalue weighted by Crippen LogP contribution is -2.40. The molecule has 0 radical (unpaired) electrons. The summed E-state index contributed by atoms with van der Waals surface area (Å²) in [7, 11) is 1.57. The van der Waals surface area contributed by atoms with Crippen LogP contribution in [0.2, 0.25) is 0 Å². The summed E-state index contributed by atoms with van der Waals surface area (Å²) in [6, 6.07) is 22.4. The van der Waals surface area contributed by atoms with Crippen molar-refractivity contribution in [3.63, 3.8) is 0 Å². The summed E-state index contributed by atoms with van der Waals surface area (Å²) in [5.74, 6) is 0.766. The van der Waals surface area contributed by atoms with Crippen LogP contribution < -0.4 is 24.4 Å². The van der Waals surface area contributed by atoms with Gasteiger partial charge in [0.15, 0.2) is 4.80 Å². The van der Waals surface area contributed by atoms with E-state index in [4.69, 9.17) is 19.2 Å². The van der Waals surface area contributed by atoms with Crippen LogP contribution in [0, 0.1) is 0 Å². The van der Waals surface area contributed by atoms with Crippen LogP contribution in [0.4, 0.5) is 0 Å². The molecule has 1 aliphatic rings. The maximum absolute atomic E-state index is 14.1. The average Bonchev–Trinajstić information content (AvgIpc) is 3.30. The van der Waals surface area contributed by atoms with E-state index in [0.29, 0.717) is 50.7 Å². The second-order valence-electron chi connectivity index (χ2n) is 9.65. The largest absolute Gasteiger partial charge is 0.496 e. The zero-order chi connectivity index (χ0) is 29.6. The lowest BCUT2D eigenvalue weighted by atomic mass is 9.93. The third-order valence-corrected chi connectivity index (χ3v) is 8.26. The number of thiazole rings is 1. The Hall–Kier alpha value is -3.95. The fourth-order valence-corrected chi connectivity index (χ4v) is 6.32. The smallest absolute Gasteiger partial charge is 0.338 e. The van der Waals surface area contributed by atoms with Gasteiger partial charge in [0.1, 0.15) is 24.1 Å². The van der Waals surface area contributed by atoms with E-state index in [2.05, 4.69) is 15.9 Å². The molecule has 0 unspecified atom stereocenters. The SMILES string of the molecule is CCCC1=C(C(=O)OCC)[C@@H](c2cc(Br)ccc2OC)n2c(s/c(=C/c3cccc(OCc4ccccc4)c3)c2=O)=N1. The highest BCUT2D eigenvalue weighted by atomic mass is 79.9. The standard InChI is InChI=1S/C33H31BrN2O5S/c1-4-10-26-29(32(38)40-5-2)30(25-19-23(34)15-16-27(25)39-3)36-31(37)28(42-33(36)35-26)18-22-13-9-14-24(17-22)41-20-21-11-7-6-8-12-21/h6-9,11-19,30H,4-5,10,20H2,1-3H3/b28-18+/t30-/m1/s1. The molecule has 0 N–H and O–H groups in total. The first-order chi connectivity index (χ1) is 20.4. The van der Waals surface area contributed by atoms with E-state index in [-0.39, 0.29) is 12.2 Å². The number of halogens is 1. The molecule has 5 rings (SSSR count). The van der Waals surface area contributed by atoms with Crippen LogP contribution in [-0.4, -0.2) is 24.3 Å². The molecule has 216 valence electrons. The Morgan fingerprint density at radius 1 is 1.07 bits per heavy atom. The maximum atomic E-state index is 14.1. The molecule has 0 bridgehead atoms. The van der Waals surface area contributed by atoms with Crippen molar-refractivity contribution in [2.75, 3.05) is 13.7 Å². The lowest BCUT2D eigenvalue weighted by Gasteiger charge is -2.27. The third-order valence-electron chi connectivity index (χ3n) is 6.78. The van der Waals surface area contributed by atoms with E-state index in [1.165, 1.54) is 11.3 Å². The first-order valence-electron chi connectivity index (χ1n) is 13.8. The molecular formula is C33H31BrN2O5S. The normalized spacial score (nSPS) is 14.8. The van der Waals surface area contributed by atoms with Crippen LogP contribution in [-0.2, 0) is 16.1 Å². The number of methoxy groups -OCH3 is 1. The van der Waals surface area contributed by atoms with Crippen molar-refractivity contribution >= 4 is 39.3 Å². The lowest BCUT2D eigenvalue weighted by molar-refractivity contribution is -0.139. The Labute approximate surface area is 256 Å². The fraction of sp³-hybridized carbons (Fsp3) is 0.242. The summed E-state index contributed by atoms with van der Waals surface area (Å²) in [6.07, 6.45) is 3.17. The Morgan fingerprint density at radius 2 is 1.88 bits per heavy atom. The highest BCUT2D eigenvalue weighted by Crippen LogP contribution is 2.38. The molecule has 4 aromatic rings. The first kappa shape index (κ1) is 29.5. The van der Waals surface area contributed by atoms with Crippen LogP contribution in [0.15, 0.2) is 98.3 Å². The predicted octanol–water partition coefficient (Wildman–Crippen LogP) is 5.93. The average molecular weight is 648 g/mol. The highest BCUT2D eigenvalue weighted by molar-refractivity contribution is 9.10. The number of hydrogen-bond donors (Lipinski definition) is 0. The molecule has 42 heavy (non-hydrogen) atoms. The van der Waals surface area contributed by atoms with Gasteiger partial charge in [-0.15, -0.1) is 0 Å². The van der Waals surface area contributed by atoms with E-state index < -0.39 is 12.0 Å². The van der Waals surface area contributed by atoms with Crippen LogP contribution in [0.25, 0.3) is 6.08 Å². The second kappa shape index (κ2) is 13.4. The summed E-state index contributed by atoms with van der Waals surface area (Å²) in [5.41, 5.74) is 3.28. The van der Waals surface area contributed by atoms with E-state index >= 15 is 0 Å². The Morgan fingerprint density at radius 3 is 2.62 bits per heavy atom. The molecule has 7 nitrogen and oxygen atoms in total. The van der Waals surface area contributed by atoms with Crippen LogP contribution in [0.1, 0.15) is 49.4 Å². The zero-order valence-corrected chi connectivity index (χ0v) is 26.0. The Balaban J connectivity index is 1.64. The van der Waals surface area contributed by atoms with Gasteiger partial charge in [-0.3, -0.25) is 9.36 Å². The maximum Gasteiger partial charge on any atom is 0.338 e. The summed E-state index contributed by atoms with van der Waals surface area (Å²) < 4.78 is 20.1. The van der Waals surface area contributed by atoms with Gasteiger partial charge in [-0.1, -0.05) is 83.1 Å². The van der Waals surface area contributed by atoms with Gasteiger partial charge in [0.2, 0.25) is 0 Å². The number of carbonyl (C=O) groups is 1. The molecule has 9 heteroatoms. The molecular weight excluding hydrogens is 616 g/mol. The molecule has 1 aromatic heterocycles. The monoisotopic (exact) mass is 646 g/mol. The minimum absolute atomic E-state index is 0.206. The minimum atomic E-state index is -0.767. The third kappa shape index (κ3) is 6.27. The number of nitrogens with zero attached hydrogens (tertiary/aromatic N) is 2. The number of allylic oxidation sites excluding steroid dienone is 1. The number of esters is 1. The molecule has 0 fully saturated rings. The zero-order valence-electron chi connectivity index (χ0n) is 23.6. The first-order valence-corrected chi connectivity index (χ1v) is 15.4. The molecule has 0 saturated heterocycles. The summed E-state index contributed by atoms with van der Waals surface area (Å²) >= 11 is 4.85. The van der Waals surface area contributed by atoms with E-state index in [1.54, 1.807) is 18.6 Å². The fourth-order valence-electron chi connectivity index (χ4n) is 4.92. The van der Waals surface area contributed by atoms with Crippen molar-refractivity contribution in [3.8, 4) is 11.5 Å². The summed E-state index contributed by atoms with van der Waals surface area (Å²) in [6.45, 7) is 4.44. The number of aromatic nitrogens is 1. The van der Waals surface area contributed by atoms with Crippen molar-refractivity contribution in [1.82, 2.24) is 4.57 Å². The van der Waals surface area contributed by atoms with Gasteiger partial charge in [0, 0.05) is 10.0 Å². The van der Waals surface area contributed by atoms with Gasteiger partial charge in [0.05, 0.1) is 29.5 Å². The van der Waals surface area contributed by atoms with Gasteiger partial charge in [-0.25, -0.2) is 9.79 Å². The van der Waals surface area contributed by atoms with Crippen LogP contribution >= 0.6 is 27.3 Å². The number of ether oxygens (including phenoxy) is 3. The molecule has 0 saturated carbocycles. The van der Waals surface area contributed by atoms with Crippen molar-refractivity contribution in [1.29, 1.82) is 0 Å². The van der Waals surface area contributed by atoms with Crippen LogP contribution in [0.5, 0.6) is 11.5 Å². The topological polar surface area (TPSA) is 79.1 Å². The van der Waals surface area contributed by atoms with Gasteiger partial charge in [0.25, 0.3) is 5.56 Å². The van der Waals surface area contributed by atoms with Gasteiger partial charge in [-0.2, -0.15) is 0 Å². The van der Waals surface area contributed by atoms with Crippen molar-refractivity contribution in [2.24, 2.45) is 4.99 Å². The molecule has 1 atom stereocenters. The van der Waals surface area contributed by atoms with Crippen molar-refractivity contribution < 1.29 is 19.0 Å². The van der Waals surface area contributed by atoms with Gasteiger partial charge in [-0.05, 0) is 60.9 Å². The van der Waals surface area contributed by atoms with E-state index in [9.17, 15) is 9.59 Å². The number of benzene rings is 3. The summed E-state index contributed by atoms with van der Waals surface area (Å²) in [4.78, 5) is 32.9. The number of rotatable bonds is 10. The Kier molecular flexibility index (Phi) is 9.39. The van der Waals surface area contributed by atoms with E-state index in [1.807, 2.05) is 85.8 Å².